The molecule has 4 nitrogen and oxygen atoms in total. The first kappa shape index (κ1) is 13.0. The highest BCUT2D eigenvalue weighted by atomic mass is 16.5. The molecule has 0 amide bonds. The molecular weight excluding hydrogens is 262 g/mol. The van der Waals surface area contributed by atoms with Crippen LogP contribution in [0.4, 0.5) is 0 Å². The zero-order valence-electron chi connectivity index (χ0n) is 12.2. The zero-order valence-corrected chi connectivity index (χ0v) is 12.2. The van der Waals surface area contributed by atoms with Crippen LogP contribution in [0.5, 0.6) is 0 Å². The topological polar surface area (TPSA) is 41.3 Å². The molecule has 1 N–H and O–H groups in total. The predicted octanol–water partition coefficient (Wildman–Crippen LogP) is 2.53. The van der Waals surface area contributed by atoms with Crippen LogP contribution < -0.4 is 5.32 Å². The van der Waals surface area contributed by atoms with Gasteiger partial charge >= 0.3 is 0 Å². The van der Waals surface area contributed by atoms with Gasteiger partial charge in [-0.05, 0) is 31.8 Å². The summed E-state index contributed by atoms with van der Waals surface area (Å²) in [5, 5.41) is 7.79. The number of hydrogen-bond donors (Lipinski definition) is 1. The van der Waals surface area contributed by atoms with E-state index in [1.54, 1.807) is 0 Å². The third-order valence-corrected chi connectivity index (χ3v) is 4.78. The first-order chi connectivity index (χ1) is 10.4. The van der Waals surface area contributed by atoms with Gasteiger partial charge in [0.05, 0.1) is 5.69 Å². The second-order valence-corrected chi connectivity index (χ2v) is 6.15. The highest BCUT2D eigenvalue weighted by Crippen LogP contribution is 2.28. The number of fused-ring (bicyclic) bond motifs is 1. The quantitative estimate of drug-likeness (QED) is 0.940. The normalized spacial score (nSPS) is 25.9. The third kappa shape index (κ3) is 2.61. The summed E-state index contributed by atoms with van der Waals surface area (Å²) in [5.41, 5.74) is 2.14. The van der Waals surface area contributed by atoms with E-state index in [9.17, 15) is 0 Å². The molecule has 1 aromatic carbocycles. The molecular formula is C17H21N3O. The lowest BCUT2D eigenvalue weighted by molar-refractivity contribution is 0.115. The minimum absolute atomic E-state index is 0.677. The van der Waals surface area contributed by atoms with Gasteiger partial charge in [-0.25, -0.2) is 0 Å². The summed E-state index contributed by atoms with van der Waals surface area (Å²) in [6.07, 6.45) is 2.66. The van der Waals surface area contributed by atoms with Crippen molar-refractivity contribution in [3.8, 4) is 11.3 Å². The molecule has 0 radical (unpaired) electrons. The van der Waals surface area contributed by atoms with Crippen molar-refractivity contribution in [1.82, 2.24) is 15.4 Å². The Bertz CT molecular complexity index is 595. The van der Waals surface area contributed by atoms with E-state index in [-0.39, 0.29) is 0 Å². The average Bonchev–Trinajstić information content (AvgIpc) is 3.17. The van der Waals surface area contributed by atoms with E-state index in [0.29, 0.717) is 6.04 Å². The Labute approximate surface area is 125 Å². The smallest absolute Gasteiger partial charge is 0.167 e. The number of likely N-dealkylation sites (tertiary alicyclic amines) is 1. The first-order valence-electron chi connectivity index (χ1n) is 7.86. The molecule has 0 saturated carbocycles. The van der Waals surface area contributed by atoms with E-state index in [4.69, 9.17) is 4.52 Å². The van der Waals surface area contributed by atoms with Crippen molar-refractivity contribution in [2.24, 2.45) is 5.92 Å². The number of nitrogens with zero attached hydrogens (tertiary/aromatic N) is 2. The molecule has 110 valence electrons. The molecule has 2 fully saturated rings. The molecule has 0 aliphatic carbocycles. The Morgan fingerprint density at radius 3 is 3.05 bits per heavy atom. The van der Waals surface area contributed by atoms with Crippen molar-refractivity contribution in [2.45, 2.75) is 25.4 Å². The molecule has 2 aromatic rings. The van der Waals surface area contributed by atoms with Crippen LogP contribution >= 0.6 is 0 Å². The standard InChI is InChI=1S/C17H21N3O/c1-2-5-13(6-3-1)17-9-15(19-21-17)12-20-8-4-7-14-10-18-11-16(14)20/h1-3,5-6,9,14,16,18H,4,7-8,10-12H2. The van der Waals surface area contributed by atoms with Crippen LogP contribution in [0.1, 0.15) is 18.5 Å². The summed E-state index contributed by atoms with van der Waals surface area (Å²) in [6.45, 7) is 4.37. The van der Waals surface area contributed by atoms with Crippen LogP contribution in [0, 0.1) is 5.92 Å². The lowest BCUT2D eigenvalue weighted by Gasteiger charge is -2.36. The van der Waals surface area contributed by atoms with Crippen molar-refractivity contribution in [1.29, 1.82) is 0 Å². The number of rotatable bonds is 3. The lowest BCUT2D eigenvalue weighted by Crippen LogP contribution is -2.44. The number of nitrogens with one attached hydrogen (secondary N) is 1. The fraction of sp³-hybridized carbons (Fsp3) is 0.471. The maximum atomic E-state index is 5.51. The molecule has 2 atom stereocenters. The van der Waals surface area contributed by atoms with Gasteiger partial charge in [0.15, 0.2) is 5.76 Å². The number of hydrogen-bond acceptors (Lipinski definition) is 4. The summed E-state index contributed by atoms with van der Waals surface area (Å²) in [6, 6.07) is 12.9. The van der Waals surface area contributed by atoms with Gasteiger partial charge in [-0.3, -0.25) is 4.90 Å². The molecule has 4 heteroatoms. The third-order valence-electron chi connectivity index (χ3n) is 4.78. The Morgan fingerprint density at radius 1 is 1.24 bits per heavy atom. The van der Waals surface area contributed by atoms with Crippen molar-refractivity contribution in [3.05, 3.63) is 42.1 Å². The molecule has 0 spiro atoms. The Morgan fingerprint density at radius 2 is 2.14 bits per heavy atom. The van der Waals surface area contributed by atoms with Crippen molar-refractivity contribution < 1.29 is 4.52 Å². The molecule has 4 rings (SSSR count). The fourth-order valence-electron chi connectivity index (χ4n) is 3.69. The summed E-state index contributed by atoms with van der Waals surface area (Å²) in [4.78, 5) is 2.57. The Balaban J connectivity index is 1.49. The van der Waals surface area contributed by atoms with E-state index in [1.807, 2.05) is 18.2 Å². The highest BCUT2D eigenvalue weighted by molar-refractivity contribution is 5.56. The van der Waals surface area contributed by atoms with E-state index in [0.717, 1.165) is 36.0 Å². The Kier molecular flexibility index (Phi) is 3.49. The van der Waals surface area contributed by atoms with Gasteiger partial charge in [0.1, 0.15) is 0 Å². The van der Waals surface area contributed by atoms with E-state index in [2.05, 4.69) is 33.6 Å². The minimum Gasteiger partial charge on any atom is -0.356 e. The van der Waals surface area contributed by atoms with Crippen LogP contribution in [0.15, 0.2) is 40.9 Å². The van der Waals surface area contributed by atoms with Crippen molar-refractivity contribution >= 4 is 0 Å². The highest BCUT2D eigenvalue weighted by Gasteiger charge is 2.35. The van der Waals surface area contributed by atoms with Crippen LogP contribution in [-0.2, 0) is 6.54 Å². The SMILES string of the molecule is c1ccc(-c2cc(CN3CCCC4CNCC43)no2)cc1. The van der Waals surface area contributed by atoms with Gasteiger partial charge in [-0.15, -0.1) is 0 Å². The fourth-order valence-corrected chi connectivity index (χ4v) is 3.69. The number of benzene rings is 1. The molecule has 2 aliphatic rings. The van der Waals surface area contributed by atoms with Gasteiger partial charge < -0.3 is 9.84 Å². The summed E-state index contributed by atoms with van der Waals surface area (Å²) >= 11 is 0. The largest absolute Gasteiger partial charge is 0.356 e. The van der Waals surface area contributed by atoms with Crippen LogP contribution in [0.25, 0.3) is 11.3 Å². The Hall–Kier alpha value is -1.65. The van der Waals surface area contributed by atoms with E-state index >= 15 is 0 Å². The number of aromatic nitrogens is 1. The summed E-state index contributed by atoms with van der Waals surface area (Å²) in [5.74, 6) is 1.68. The predicted molar refractivity (Wildman–Crippen MR) is 81.7 cm³/mol. The second-order valence-electron chi connectivity index (χ2n) is 6.15. The summed E-state index contributed by atoms with van der Waals surface area (Å²) in [7, 11) is 0. The molecule has 21 heavy (non-hydrogen) atoms. The van der Waals surface area contributed by atoms with Gasteiger partial charge in [0.2, 0.25) is 0 Å². The van der Waals surface area contributed by atoms with E-state index in [1.165, 1.54) is 25.9 Å². The molecule has 0 bridgehead atoms. The van der Waals surface area contributed by atoms with Crippen LogP contribution in [-0.4, -0.2) is 35.7 Å². The second kappa shape index (κ2) is 5.62. The van der Waals surface area contributed by atoms with Crippen molar-refractivity contribution in [3.63, 3.8) is 0 Å². The van der Waals surface area contributed by atoms with Crippen LogP contribution in [0.3, 0.4) is 0 Å². The summed E-state index contributed by atoms with van der Waals surface area (Å²) < 4.78 is 5.51. The molecule has 3 heterocycles. The van der Waals surface area contributed by atoms with Crippen LogP contribution in [0.2, 0.25) is 0 Å². The molecule has 1 aromatic heterocycles. The molecule has 2 saturated heterocycles. The van der Waals surface area contributed by atoms with Gasteiger partial charge in [-0.1, -0.05) is 35.5 Å². The number of piperidine rings is 1. The monoisotopic (exact) mass is 283 g/mol. The van der Waals surface area contributed by atoms with Gasteiger partial charge in [0.25, 0.3) is 0 Å². The van der Waals surface area contributed by atoms with E-state index < -0.39 is 0 Å². The first-order valence-corrected chi connectivity index (χ1v) is 7.86. The minimum atomic E-state index is 0.677. The maximum absolute atomic E-state index is 5.51. The maximum Gasteiger partial charge on any atom is 0.167 e. The van der Waals surface area contributed by atoms with Crippen molar-refractivity contribution in [2.75, 3.05) is 19.6 Å². The molecule has 2 aliphatic heterocycles. The average molecular weight is 283 g/mol. The van der Waals surface area contributed by atoms with Gasteiger partial charge in [0, 0.05) is 30.8 Å². The van der Waals surface area contributed by atoms with Gasteiger partial charge in [-0.2, -0.15) is 0 Å². The lowest BCUT2D eigenvalue weighted by atomic mass is 9.92. The molecule has 2 unspecified atom stereocenters. The zero-order chi connectivity index (χ0) is 14.1.